The number of carbonyl (C=O) groups is 2. The van der Waals surface area contributed by atoms with Crippen LogP contribution in [0.4, 0.5) is 0 Å². The fraction of sp³-hybridized carbons (Fsp3) is 0.538. The van der Waals surface area contributed by atoms with Crippen LogP contribution in [0.25, 0.3) is 0 Å². The van der Waals surface area contributed by atoms with E-state index < -0.39 is 5.97 Å². The summed E-state index contributed by atoms with van der Waals surface area (Å²) in [4.78, 5) is 32.7. The minimum Gasteiger partial charge on any atom is -0.480 e. The number of hydrogen-bond donors (Lipinski definition) is 1. The van der Waals surface area contributed by atoms with Crippen LogP contribution in [0.5, 0.6) is 0 Å². The van der Waals surface area contributed by atoms with Gasteiger partial charge in [-0.1, -0.05) is 12.8 Å². The topological polar surface area (TPSA) is 83.4 Å². The van der Waals surface area contributed by atoms with Crippen LogP contribution in [0.2, 0.25) is 0 Å². The highest BCUT2D eigenvalue weighted by Gasteiger charge is 2.29. The third kappa shape index (κ3) is 3.27. The lowest BCUT2D eigenvalue weighted by atomic mass is 10.2. The number of nitrogens with zero attached hydrogens (tertiary/aromatic N) is 3. The molecule has 1 heterocycles. The second-order valence-electron chi connectivity index (χ2n) is 4.81. The highest BCUT2D eigenvalue weighted by molar-refractivity contribution is 5.94. The summed E-state index contributed by atoms with van der Waals surface area (Å²) in [5, 5.41) is 8.95. The van der Waals surface area contributed by atoms with Gasteiger partial charge in [0.2, 0.25) is 0 Å². The van der Waals surface area contributed by atoms with E-state index in [0.29, 0.717) is 0 Å². The highest BCUT2D eigenvalue weighted by Crippen LogP contribution is 2.24. The Kier molecular flexibility index (Phi) is 4.09. The summed E-state index contributed by atoms with van der Waals surface area (Å²) in [5.41, 5.74) is 0.931. The van der Waals surface area contributed by atoms with Gasteiger partial charge in [-0.15, -0.1) is 0 Å². The minimum absolute atomic E-state index is 0.00621. The first-order chi connectivity index (χ1) is 9.08. The molecule has 6 heteroatoms. The van der Waals surface area contributed by atoms with E-state index in [4.69, 9.17) is 5.11 Å². The zero-order chi connectivity index (χ0) is 13.8. The third-order valence-electron chi connectivity index (χ3n) is 3.33. The minimum atomic E-state index is -1.000. The molecule has 1 saturated carbocycles. The van der Waals surface area contributed by atoms with Crippen molar-refractivity contribution in [3.05, 3.63) is 23.8 Å². The molecule has 1 aromatic heterocycles. The lowest BCUT2D eigenvalue weighted by Crippen LogP contribution is -2.42. The van der Waals surface area contributed by atoms with Crippen molar-refractivity contribution in [1.29, 1.82) is 0 Å². The monoisotopic (exact) mass is 263 g/mol. The van der Waals surface area contributed by atoms with Crippen molar-refractivity contribution in [2.24, 2.45) is 0 Å². The Balaban J connectivity index is 2.18. The predicted octanol–water partition coefficient (Wildman–Crippen LogP) is 1.25. The Bertz CT molecular complexity index is 467. The van der Waals surface area contributed by atoms with Crippen LogP contribution in [-0.4, -0.2) is 44.4 Å². The van der Waals surface area contributed by atoms with Gasteiger partial charge >= 0.3 is 5.97 Å². The molecule has 0 aliphatic heterocycles. The van der Waals surface area contributed by atoms with Gasteiger partial charge in [0.05, 0.1) is 11.9 Å². The maximum absolute atomic E-state index is 12.3. The van der Waals surface area contributed by atoms with Crippen molar-refractivity contribution >= 4 is 11.9 Å². The second-order valence-corrected chi connectivity index (χ2v) is 4.81. The van der Waals surface area contributed by atoms with Crippen molar-refractivity contribution in [3.8, 4) is 0 Å². The first-order valence-corrected chi connectivity index (χ1v) is 6.39. The van der Waals surface area contributed by atoms with Crippen molar-refractivity contribution in [2.45, 2.75) is 38.6 Å². The average molecular weight is 263 g/mol. The molecule has 1 amide bonds. The Morgan fingerprint density at radius 3 is 2.53 bits per heavy atom. The van der Waals surface area contributed by atoms with Crippen molar-refractivity contribution in [3.63, 3.8) is 0 Å². The maximum atomic E-state index is 12.3. The van der Waals surface area contributed by atoms with E-state index in [1.807, 2.05) is 0 Å². The SMILES string of the molecule is Cc1cnc(C(=O)N(CC(=O)O)C2CCCC2)cn1. The van der Waals surface area contributed by atoms with Gasteiger partial charge in [0.1, 0.15) is 12.2 Å². The van der Waals surface area contributed by atoms with Gasteiger partial charge < -0.3 is 10.0 Å². The van der Waals surface area contributed by atoms with E-state index in [1.54, 1.807) is 6.92 Å². The van der Waals surface area contributed by atoms with Gasteiger partial charge in [-0.3, -0.25) is 14.6 Å². The molecule has 6 nitrogen and oxygen atoms in total. The normalized spacial score (nSPS) is 15.4. The summed E-state index contributed by atoms with van der Waals surface area (Å²) in [7, 11) is 0. The molecule has 0 radical (unpaired) electrons. The van der Waals surface area contributed by atoms with Crippen LogP contribution in [0.15, 0.2) is 12.4 Å². The number of aliphatic carboxylic acids is 1. The molecular weight excluding hydrogens is 246 g/mol. The van der Waals surface area contributed by atoms with Gasteiger partial charge in [0, 0.05) is 12.2 Å². The molecule has 0 bridgehead atoms. The van der Waals surface area contributed by atoms with Gasteiger partial charge in [-0.25, -0.2) is 4.98 Å². The smallest absolute Gasteiger partial charge is 0.323 e. The van der Waals surface area contributed by atoms with Crippen molar-refractivity contribution < 1.29 is 14.7 Å². The van der Waals surface area contributed by atoms with E-state index in [9.17, 15) is 9.59 Å². The number of aryl methyl sites for hydroxylation is 1. The fourth-order valence-electron chi connectivity index (χ4n) is 2.38. The van der Waals surface area contributed by atoms with E-state index in [2.05, 4.69) is 9.97 Å². The molecule has 1 fully saturated rings. The summed E-state index contributed by atoms with van der Waals surface area (Å²) >= 11 is 0. The summed E-state index contributed by atoms with van der Waals surface area (Å²) in [6.45, 7) is 1.51. The number of hydrogen-bond acceptors (Lipinski definition) is 4. The Labute approximate surface area is 111 Å². The molecule has 0 spiro atoms. The summed E-state index contributed by atoms with van der Waals surface area (Å²) in [6.07, 6.45) is 6.71. The molecule has 19 heavy (non-hydrogen) atoms. The zero-order valence-corrected chi connectivity index (χ0v) is 10.9. The van der Waals surface area contributed by atoms with Gasteiger partial charge in [-0.05, 0) is 19.8 Å². The fourth-order valence-corrected chi connectivity index (χ4v) is 2.38. The number of carboxylic acids is 1. The molecule has 1 aliphatic carbocycles. The number of carboxylic acid groups (broad SMARTS) is 1. The van der Waals surface area contributed by atoms with Crippen LogP contribution in [0, 0.1) is 6.92 Å². The molecule has 1 N–H and O–H groups in total. The van der Waals surface area contributed by atoms with E-state index >= 15 is 0 Å². The molecule has 0 aromatic carbocycles. The number of amides is 1. The van der Waals surface area contributed by atoms with Crippen LogP contribution in [0.3, 0.4) is 0 Å². The average Bonchev–Trinajstić information content (AvgIpc) is 2.89. The van der Waals surface area contributed by atoms with Crippen molar-refractivity contribution in [1.82, 2.24) is 14.9 Å². The largest absolute Gasteiger partial charge is 0.480 e. The number of carbonyl (C=O) groups excluding carboxylic acids is 1. The molecule has 1 aliphatic rings. The van der Waals surface area contributed by atoms with E-state index in [-0.39, 0.29) is 24.2 Å². The highest BCUT2D eigenvalue weighted by atomic mass is 16.4. The molecule has 0 saturated heterocycles. The Morgan fingerprint density at radius 1 is 1.32 bits per heavy atom. The molecule has 102 valence electrons. The number of aromatic nitrogens is 2. The van der Waals surface area contributed by atoms with Crippen molar-refractivity contribution in [2.75, 3.05) is 6.54 Å². The van der Waals surface area contributed by atoms with Gasteiger partial charge in [0.15, 0.2) is 0 Å². The quantitative estimate of drug-likeness (QED) is 0.884. The first kappa shape index (κ1) is 13.5. The molecule has 0 unspecified atom stereocenters. The van der Waals surface area contributed by atoms with Crippen LogP contribution >= 0.6 is 0 Å². The third-order valence-corrected chi connectivity index (χ3v) is 3.33. The molecular formula is C13H17N3O3. The summed E-state index contributed by atoms with van der Waals surface area (Å²) < 4.78 is 0. The summed E-state index contributed by atoms with van der Waals surface area (Å²) in [5.74, 6) is -1.35. The van der Waals surface area contributed by atoms with Crippen LogP contribution in [0.1, 0.15) is 41.9 Å². The van der Waals surface area contributed by atoms with E-state index in [1.165, 1.54) is 17.3 Å². The number of rotatable bonds is 4. The summed E-state index contributed by atoms with van der Waals surface area (Å²) in [6, 6.07) is 0.00621. The second kappa shape index (κ2) is 5.77. The van der Waals surface area contributed by atoms with Gasteiger partial charge in [-0.2, -0.15) is 0 Å². The van der Waals surface area contributed by atoms with Crippen LogP contribution in [-0.2, 0) is 4.79 Å². The van der Waals surface area contributed by atoms with E-state index in [0.717, 1.165) is 31.4 Å². The lowest BCUT2D eigenvalue weighted by molar-refractivity contribution is -0.138. The molecule has 0 atom stereocenters. The van der Waals surface area contributed by atoms with Gasteiger partial charge in [0.25, 0.3) is 5.91 Å². The first-order valence-electron chi connectivity index (χ1n) is 6.39. The Hall–Kier alpha value is -1.98. The Morgan fingerprint density at radius 2 is 2.00 bits per heavy atom. The molecule has 2 rings (SSSR count). The lowest BCUT2D eigenvalue weighted by Gasteiger charge is -2.26. The standard InChI is InChI=1S/C13H17N3O3/c1-9-6-15-11(7-14-9)13(19)16(8-12(17)18)10-4-2-3-5-10/h6-7,10H,2-5,8H2,1H3,(H,17,18). The zero-order valence-electron chi connectivity index (χ0n) is 10.9. The maximum Gasteiger partial charge on any atom is 0.323 e. The predicted molar refractivity (Wildman–Crippen MR) is 67.7 cm³/mol. The van der Waals surface area contributed by atoms with Crippen LogP contribution < -0.4 is 0 Å². The molecule has 1 aromatic rings.